The highest BCUT2D eigenvalue weighted by atomic mass is 35.5. The minimum absolute atomic E-state index is 0.346. The molecule has 0 spiro atoms. The van der Waals surface area contributed by atoms with Crippen LogP contribution in [0, 0.1) is 0 Å². The molecule has 3 aromatic heterocycles. The third kappa shape index (κ3) is 4.53. The smallest absolute Gasteiger partial charge is 0.227 e. The van der Waals surface area contributed by atoms with Gasteiger partial charge in [-0.1, -0.05) is 17.7 Å². The Kier molecular flexibility index (Phi) is 6.29. The van der Waals surface area contributed by atoms with Gasteiger partial charge in [0.05, 0.1) is 47.1 Å². The highest BCUT2D eigenvalue weighted by Gasteiger charge is 2.16. The van der Waals surface area contributed by atoms with Crippen LogP contribution < -0.4 is 20.5 Å². The molecule has 0 aliphatic rings. The van der Waals surface area contributed by atoms with Gasteiger partial charge in [-0.25, -0.2) is 14.5 Å². The molecule has 0 aliphatic heterocycles. The Bertz CT molecular complexity index is 1240. The summed E-state index contributed by atoms with van der Waals surface area (Å²) in [7, 11) is 5.54. The number of aromatic nitrogens is 4. The van der Waals surface area contributed by atoms with Crippen LogP contribution in [0.3, 0.4) is 0 Å². The van der Waals surface area contributed by atoms with E-state index in [2.05, 4.69) is 20.4 Å². The van der Waals surface area contributed by atoms with Gasteiger partial charge in [-0.3, -0.25) is 0 Å². The molecule has 4 aromatic rings. The number of nitrogens with zero attached hydrogens (tertiary/aromatic N) is 5. The monoisotopic (exact) mass is 453 g/mol. The summed E-state index contributed by atoms with van der Waals surface area (Å²) in [6, 6.07) is 9.27. The summed E-state index contributed by atoms with van der Waals surface area (Å²) in [5.74, 6) is 1.45. The van der Waals surface area contributed by atoms with Crippen molar-refractivity contribution in [3.63, 3.8) is 0 Å². The number of nitrogen functional groups attached to an aromatic ring is 1. The Morgan fingerprint density at radius 2 is 2.03 bits per heavy atom. The van der Waals surface area contributed by atoms with Crippen LogP contribution >= 0.6 is 11.6 Å². The van der Waals surface area contributed by atoms with E-state index in [1.165, 1.54) is 0 Å². The molecule has 0 aliphatic carbocycles. The molecule has 0 radical (unpaired) electrons. The quantitative estimate of drug-likeness (QED) is 0.389. The average Bonchev–Trinajstić information content (AvgIpc) is 3.20. The fourth-order valence-corrected chi connectivity index (χ4v) is 3.35. The Labute approximate surface area is 190 Å². The van der Waals surface area contributed by atoms with Crippen molar-refractivity contribution < 1.29 is 9.47 Å². The minimum Gasteiger partial charge on any atom is -0.494 e. The van der Waals surface area contributed by atoms with E-state index in [9.17, 15) is 0 Å². The number of nitrogens with two attached hydrogens (primary N) is 1. The van der Waals surface area contributed by atoms with Crippen LogP contribution in [0.15, 0.2) is 48.9 Å². The Morgan fingerprint density at radius 1 is 1.19 bits per heavy atom. The van der Waals surface area contributed by atoms with Crippen molar-refractivity contribution in [1.29, 1.82) is 0 Å². The standard InChI is InChI=1S/C22H24ClN7O2/c1-29(2)8-9-32-19-11-20(31-3)17(10-16(19)24)27-22-25-13-15(23)21(28-22)14-12-26-30-7-5-4-6-18(14)30/h4-7,10-13H,8-9,24H2,1-3H3,(H,25,27,28). The molecule has 0 fully saturated rings. The molecule has 10 heteroatoms. The van der Waals surface area contributed by atoms with Crippen LogP contribution in [0.2, 0.25) is 5.02 Å². The average molecular weight is 454 g/mol. The highest BCUT2D eigenvalue weighted by molar-refractivity contribution is 6.33. The molecule has 4 rings (SSSR count). The van der Waals surface area contributed by atoms with E-state index >= 15 is 0 Å². The Hall–Kier alpha value is -3.56. The first kappa shape index (κ1) is 21.7. The lowest BCUT2D eigenvalue weighted by Crippen LogP contribution is -2.19. The maximum atomic E-state index is 6.41. The highest BCUT2D eigenvalue weighted by Crippen LogP contribution is 2.37. The number of fused-ring (bicyclic) bond motifs is 1. The first-order valence-electron chi connectivity index (χ1n) is 9.93. The van der Waals surface area contributed by atoms with Crippen molar-refractivity contribution in [2.75, 3.05) is 45.4 Å². The number of pyridine rings is 1. The van der Waals surface area contributed by atoms with Crippen molar-refractivity contribution in [3.8, 4) is 22.8 Å². The predicted octanol–water partition coefficient (Wildman–Crippen LogP) is 3.72. The molecule has 0 amide bonds. The molecular formula is C22H24ClN7O2. The SMILES string of the molecule is COc1cc(OCCN(C)C)c(N)cc1Nc1ncc(Cl)c(-c2cnn3ccccc23)n1. The molecule has 1 aromatic carbocycles. The van der Waals surface area contributed by atoms with Crippen LogP contribution in [0.1, 0.15) is 0 Å². The number of hydrogen-bond donors (Lipinski definition) is 2. The van der Waals surface area contributed by atoms with E-state index in [-0.39, 0.29) is 0 Å². The van der Waals surface area contributed by atoms with Gasteiger partial charge in [0, 0.05) is 24.4 Å². The number of ether oxygens (including phenoxy) is 2. The van der Waals surface area contributed by atoms with Crippen molar-refractivity contribution in [1.82, 2.24) is 24.5 Å². The lowest BCUT2D eigenvalue weighted by atomic mass is 10.2. The molecule has 3 N–H and O–H groups in total. The first-order chi connectivity index (χ1) is 15.5. The zero-order valence-corrected chi connectivity index (χ0v) is 18.8. The van der Waals surface area contributed by atoms with E-state index < -0.39 is 0 Å². The van der Waals surface area contributed by atoms with Crippen LogP contribution in [0.5, 0.6) is 11.5 Å². The van der Waals surface area contributed by atoms with E-state index in [0.717, 1.165) is 17.6 Å². The minimum atomic E-state index is 0.346. The number of rotatable bonds is 8. The van der Waals surface area contributed by atoms with Gasteiger partial charge in [0.1, 0.15) is 18.1 Å². The van der Waals surface area contributed by atoms with Crippen LogP contribution in [0.25, 0.3) is 16.8 Å². The van der Waals surface area contributed by atoms with Gasteiger partial charge in [-0.15, -0.1) is 0 Å². The zero-order chi connectivity index (χ0) is 22.7. The van der Waals surface area contributed by atoms with E-state index in [1.807, 2.05) is 43.4 Å². The number of anilines is 3. The molecule has 0 saturated heterocycles. The molecule has 0 atom stereocenters. The van der Waals surface area contributed by atoms with Gasteiger partial charge >= 0.3 is 0 Å². The van der Waals surface area contributed by atoms with Gasteiger partial charge in [-0.2, -0.15) is 5.10 Å². The van der Waals surface area contributed by atoms with E-state index in [0.29, 0.717) is 46.1 Å². The second kappa shape index (κ2) is 9.29. The fourth-order valence-electron chi connectivity index (χ4n) is 3.16. The molecular weight excluding hydrogens is 430 g/mol. The van der Waals surface area contributed by atoms with Gasteiger partial charge in [0.25, 0.3) is 0 Å². The summed E-state index contributed by atoms with van der Waals surface area (Å²) < 4.78 is 13.1. The van der Waals surface area contributed by atoms with Crippen molar-refractivity contribution in [2.24, 2.45) is 0 Å². The van der Waals surface area contributed by atoms with Crippen LogP contribution in [0.4, 0.5) is 17.3 Å². The van der Waals surface area contributed by atoms with Crippen LogP contribution in [-0.4, -0.2) is 58.8 Å². The largest absolute Gasteiger partial charge is 0.494 e. The number of hydrogen-bond acceptors (Lipinski definition) is 8. The summed E-state index contributed by atoms with van der Waals surface area (Å²) in [6.45, 7) is 1.28. The maximum Gasteiger partial charge on any atom is 0.227 e. The molecule has 3 heterocycles. The normalized spacial score (nSPS) is 11.2. The summed E-state index contributed by atoms with van der Waals surface area (Å²) in [4.78, 5) is 11.0. The third-order valence-corrected chi connectivity index (χ3v) is 5.08. The Balaban J connectivity index is 1.63. The number of methoxy groups -OCH3 is 1. The predicted molar refractivity (Wildman–Crippen MR) is 126 cm³/mol. The molecule has 0 bridgehead atoms. The molecule has 0 unspecified atom stereocenters. The van der Waals surface area contributed by atoms with E-state index in [1.54, 1.807) is 36.2 Å². The third-order valence-electron chi connectivity index (χ3n) is 4.80. The number of halogens is 1. The van der Waals surface area contributed by atoms with Crippen molar-refractivity contribution in [2.45, 2.75) is 0 Å². The summed E-state index contributed by atoms with van der Waals surface area (Å²) in [5.41, 5.74) is 9.55. The lowest BCUT2D eigenvalue weighted by Gasteiger charge is -2.16. The van der Waals surface area contributed by atoms with E-state index in [4.69, 9.17) is 26.8 Å². The second-order valence-electron chi connectivity index (χ2n) is 7.35. The topological polar surface area (TPSA) is 103 Å². The van der Waals surface area contributed by atoms with Crippen LogP contribution in [-0.2, 0) is 0 Å². The van der Waals surface area contributed by atoms with Gasteiger partial charge in [0.15, 0.2) is 0 Å². The Morgan fingerprint density at radius 3 is 2.81 bits per heavy atom. The maximum absolute atomic E-state index is 6.41. The molecule has 166 valence electrons. The summed E-state index contributed by atoms with van der Waals surface area (Å²) in [5, 5.41) is 7.95. The zero-order valence-electron chi connectivity index (χ0n) is 18.0. The van der Waals surface area contributed by atoms with Gasteiger partial charge in [-0.05, 0) is 32.3 Å². The molecule has 32 heavy (non-hydrogen) atoms. The van der Waals surface area contributed by atoms with Crippen molar-refractivity contribution in [3.05, 3.63) is 53.9 Å². The first-order valence-corrected chi connectivity index (χ1v) is 10.3. The lowest BCUT2D eigenvalue weighted by molar-refractivity contribution is 0.261. The van der Waals surface area contributed by atoms with Gasteiger partial charge < -0.3 is 25.4 Å². The molecule has 9 nitrogen and oxygen atoms in total. The number of benzene rings is 1. The second-order valence-corrected chi connectivity index (χ2v) is 7.75. The summed E-state index contributed by atoms with van der Waals surface area (Å²) in [6.07, 6.45) is 5.14. The summed E-state index contributed by atoms with van der Waals surface area (Å²) >= 11 is 6.41. The molecule has 0 saturated carbocycles. The fraction of sp³-hybridized carbons (Fsp3) is 0.227. The number of nitrogens with one attached hydrogen (secondary N) is 1. The van der Waals surface area contributed by atoms with Gasteiger partial charge in [0.2, 0.25) is 5.95 Å². The number of likely N-dealkylation sites (N-methyl/N-ethyl adjacent to an activating group) is 1. The van der Waals surface area contributed by atoms with Crippen molar-refractivity contribution >= 4 is 34.4 Å².